The predicted molar refractivity (Wildman–Crippen MR) is 123 cm³/mol. The number of ether oxygens (including phenoxy) is 1. The van der Waals surface area contributed by atoms with Gasteiger partial charge in [-0.3, -0.25) is 9.10 Å². The molecule has 14 heteroatoms. The number of hydrogen-bond donors (Lipinski definition) is 2. The second-order valence-electron chi connectivity index (χ2n) is 7.04. The molecule has 1 amide bonds. The van der Waals surface area contributed by atoms with Crippen molar-refractivity contribution in [2.24, 2.45) is 10.7 Å². The first-order valence-corrected chi connectivity index (χ1v) is 13.3. The molecule has 0 spiro atoms. The predicted octanol–water partition coefficient (Wildman–Crippen LogP) is 2.82. The van der Waals surface area contributed by atoms with Gasteiger partial charge in [0.05, 0.1) is 28.6 Å². The molecule has 1 aliphatic rings. The van der Waals surface area contributed by atoms with Gasteiger partial charge in [-0.05, 0) is 23.6 Å². The van der Waals surface area contributed by atoms with Crippen LogP contribution in [0, 0.1) is 0 Å². The van der Waals surface area contributed by atoms with Crippen LogP contribution in [0.1, 0.15) is 5.69 Å². The van der Waals surface area contributed by atoms with Crippen molar-refractivity contribution in [2.75, 3.05) is 29.4 Å². The maximum Gasteiger partial charge on any atom is 0.573 e. The minimum atomic E-state index is -4.96. The smallest absolute Gasteiger partial charge is 0.406 e. The lowest BCUT2D eigenvalue weighted by Gasteiger charge is -2.20. The van der Waals surface area contributed by atoms with Crippen LogP contribution in [-0.2, 0) is 25.7 Å². The molecule has 0 aliphatic carbocycles. The monoisotopic (exact) mass is 519 g/mol. The fraction of sp³-hybridized carbons (Fsp3) is 0.263. The van der Waals surface area contributed by atoms with Crippen LogP contribution in [0.3, 0.4) is 0 Å². The third-order valence-corrected chi connectivity index (χ3v) is 10.1. The SMILES string of the molecule is CN(c1cc(OC(F)(F)F)cc2cc(C3=NCC[S+]3CC(N)=O)[nH]c12)S(=O)(=O)c1cccs1. The lowest BCUT2D eigenvalue weighted by atomic mass is 10.2. The zero-order valence-electron chi connectivity index (χ0n) is 17.0. The summed E-state index contributed by atoms with van der Waals surface area (Å²) in [4.78, 5) is 18.9. The van der Waals surface area contributed by atoms with E-state index >= 15 is 0 Å². The molecule has 1 aromatic carbocycles. The summed E-state index contributed by atoms with van der Waals surface area (Å²) in [5.74, 6) is -0.299. The van der Waals surface area contributed by atoms with Crippen molar-refractivity contribution in [2.45, 2.75) is 10.6 Å². The highest BCUT2D eigenvalue weighted by Crippen LogP contribution is 2.37. The van der Waals surface area contributed by atoms with Gasteiger partial charge in [0.1, 0.15) is 21.4 Å². The lowest BCUT2D eigenvalue weighted by molar-refractivity contribution is -0.274. The number of halogens is 3. The molecule has 1 aliphatic heterocycles. The number of rotatable bonds is 7. The van der Waals surface area contributed by atoms with Crippen LogP contribution in [0.2, 0.25) is 0 Å². The Morgan fingerprint density at radius 1 is 1.36 bits per heavy atom. The van der Waals surface area contributed by atoms with Crippen molar-refractivity contribution in [3.63, 3.8) is 0 Å². The van der Waals surface area contributed by atoms with E-state index in [1.807, 2.05) is 0 Å². The number of aromatic nitrogens is 1. The van der Waals surface area contributed by atoms with Crippen LogP contribution in [0.4, 0.5) is 18.9 Å². The average Bonchev–Trinajstić information content (AvgIpc) is 3.45. The normalized spacial score (nSPS) is 16.7. The molecule has 8 nitrogen and oxygen atoms in total. The Hall–Kier alpha value is -2.71. The topological polar surface area (TPSA) is 118 Å². The average molecular weight is 520 g/mol. The number of nitrogens with two attached hydrogens (primary N) is 1. The molecule has 1 atom stereocenters. The van der Waals surface area contributed by atoms with E-state index < -0.39 is 38.9 Å². The van der Waals surface area contributed by atoms with Crippen molar-refractivity contribution < 1.29 is 31.1 Å². The zero-order valence-corrected chi connectivity index (χ0v) is 19.5. The van der Waals surface area contributed by atoms with Crippen LogP contribution in [0.5, 0.6) is 5.75 Å². The molecule has 4 rings (SSSR count). The van der Waals surface area contributed by atoms with Crippen molar-refractivity contribution >= 4 is 59.8 Å². The molecule has 1 unspecified atom stereocenters. The molecule has 3 aromatic rings. The summed E-state index contributed by atoms with van der Waals surface area (Å²) in [6.45, 7) is 0.489. The van der Waals surface area contributed by atoms with Gasteiger partial charge in [0.2, 0.25) is 0 Å². The van der Waals surface area contributed by atoms with Crippen LogP contribution >= 0.6 is 11.3 Å². The molecular formula is C19H18F3N4O4S3+. The Balaban J connectivity index is 1.84. The Labute approximate surface area is 193 Å². The Bertz CT molecular complexity index is 1330. The molecule has 0 saturated carbocycles. The van der Waals surface area contributed by atoms with E-state index in [1.54, 1.807) is 17.5 Å². The van der Waals surface area contributed by atoms with Crippen molar-refractivity contribution in [3.8, 4) is 5.75 Å². The number of carbonyl (C=O) groups is 1. The summed E-state index contributed by atoms with van der Waals surface area (Å²) in [7, 11) is -3.33. The minimum Gasteiger partial charge on any atom is -0.406 e. The number of nitrogens with one attached hydrogen (secondary N) is 1. The van der Waals surface area contributed by atoms with Crippen molar-refractivity contribution in [1.29, 1.82) is 0 Å². The number of nitrogens with zero attached hydrogens (tertiary/aromatic N) is 2. The fourth-order valence-electron chi connectivity index (χ4n) is 3.43. The molecule has 0 saturated heterocycles. The number of benzene rings is 1. The summed E-state index contributed by atoms with van der Waals surface area (Å²) in [6.07, 6.45) is -4.96. The summed E-state index contributed by atoms with van der Waals surface area (Å²) < 4.78 is 69.9. The highest BCUT2D eigenvalue weighted by Gasteiger charge is 2.37. The molecule has 0 bridgehead atoms. The van der Waals surface area contributed by atoms with Gasteiger partial charge in [-0.25, -0.2) is 13.4 Å². The summed E-state index contributed by atoms with van der Waals surface area (Å²) in [6, 6.07) is 6.72. The summed E-state index contributed by atoms with van der Waals surface area (Å²) in [5, 5.41) is 2.48. The van der Waals surface area contributed by atoms with Crippen LogP contribution < -0.4 is 14.8 Å². The second-order valence-corrected chi connectivity index (χ2v) is 12.2. The number of primary amides is 1. The van der Waals surface area contributed by atoms with Gasteiger partial charge in [0, 0.05) is 18.5 Å². The number of hydrogen-bond acceptors (Lipinski definition) is 6. The van der Waals surface area contributed by atoms with Gasteiger partial charge in [0.15, 0.2) is 5.75 Å². The number of carbonyl (C=O) groups excluding carboxylic acids is 1. The van der Waals surface area contributed by atoms with Gasteiger partial charge < -0.3 is 15.5 Å². The summed E-state index contributed by atoms with van der Waals surface area (Å²) >= 11 is 0.991. The standard InChI is InChI=1S/C19H17F3N4O4S3/c1-26(33(28,29)16-3-2-5-31-16)14-9-12(30-19(20,21)22)7-11-8-13(25-17(11)14)18-24-4-6-32(18)10-15(23)27/h2-3,5,7-9H,4,6,10H2,1H3,(H2-,23,24,25,27)/p+1. The maximum absolute atomic E-state index is 13.1. The minimum absolute atomic E-state index is 0.0280. The van der Waals surface area contributed by atoms with Crippen LogP contribution in [-0.4, -0.2) is 55.8 Å². The fourth-order valence-corrected chi connectivity index (χ4v) is 7.61. The van der Waals surface area contributed by atoms with Gasteiger partial charge in [-0.1, -0.05) is 6.07 Å². The first-order chi connectivity index (χ1) is 15.5. The van der Waals surface area contributed by atoms with Gasteiger partial charge in [0.25, 0.3) is 21.0 Å². The van der Waals surface area contributed by atoms with E-state index in [0.29, 0.717) is 33.9 Å². The number of fused-ring (bicyclic) bond motifs is 1. The quantitative estimate of drug-likeness (QED) is 0.467. The highest BCUT2D eigenvalue weighted by atomic mass is 32.2. The van der Waals surface area contributed by atoms with Crippen molar-refractivity contribution in [3.05, 3.63) is 41.4 Å². The van der Waals surface area contributed by atoms with Crippen molar-refractivity contribution in [1.82, 2.24) is 4.98 Å². The first kappa shape index (κ1) is 23.4. The van der Waals surface area contributed by atoms with E-state index in [-0.39, 0.29) is 15.6 Å². The Morgan fingerprint density at radius 2 is 2.12 bits per heavy atom. The molecule has 176 valence electrons. The van der Waals surface area contributed by atoms with E-state index in [1.165, 1.54) is 19.2 Å². The second kappa shape index (κ2) is 8.57. The number of H-pyrrole nitrogens is 1. The zero-order chi connectivity index (χ0) is 24.0. The molecule has 0 fully saturated rings. The molecular weight excluding hydrogens is 501 g/mol. The third kappa shape index (κ3) is 4.82. The highest BCUT2D eigenvalue weighted by molar-refractivity contribution is 8.12. The first-order valence-electron chi connectivity index (χ1n) is 9.41. The molecule has 3 N–H and O–H groups in total. The number of anilines is 1. The molecule has 0 radical (unpaired) electrons. The number of thiophene rings is 1. The van der Waals surface area contributed by atoms with Crippen LogP contribution in [0.15, 0.2) is 44.9 Å². The molecule has 33 heavy (non-hydrogen) atoms. The van der Waals surface area contributed by atoms with Crippen LogP contribution in [0.25, 0.3) is 10.9 Å². The van der Waals surface area contributed by atoms with Gasteiger partial charge >= 0.3 is 6.36 Å². The molecule has 3 heterocycles. The maximum atomic E-state index is 13.1. The third-order valence-electron chi connectivity index (χ3n) is 4.78. The number of alkyl halides is 3. The van der Waals surface area contributed by atoms with Gasteiger partial charge in [-0.15, -0.1) is 24.5 Å². The van der Waals surface area contributed by atoms with E-state index in [2.05, 4.69) is 14.7 Å². The largest absolute Gasteiger partial charge is 0.573 e. The number of aliphatic imine (C=N–C) groups is 1. The van der Waals surface area contributed by atoms with E-state index in [0.717, 1.165) is 21.7 Å². The number of amides is 1. The Morgan fingerprint density at radius 3 is 2.76 bits per heavy atom. The summed E-state index contributed by atoms with van der Waals surface area (Å²) in [5.41, 5.74) is 6.08. The molecule has 2 aromatic heterocycles. The number of sulfonamides is 1. The van der Waals surface area contributed by atoms with E-state index in [4.69, 9.17) is 5.73 Å². The lowest BCUT2D eigenvalue weighted by Crippen LogP contribution is -2.29. The number of aromatic amines is 1. The Kier molecular flexibility index (Phi) is 6.09. The van der Waals surface area contributed by atoms with Gasteiger partial charge in [-0.2, -0.15) is 0 Å². The van der Waals surface area contributed by atoms with E-state index in [9.17, 15) is 26.4 Å².